The van der Waals surface area contributed by atoms with Crippen molar-refractivity contribution in [3.05, 3.63) is 40.2 Å². The van der Waals surface area contributed by atoms with Gasteiger partial charge in [-0.2, -0.15) is 0 Å². The molecule has 0 aliphatic heterocycles. The molecular weight excluding hydrogens is 398 g/mol. The average Bonchev–Trinajstić information content (AvgIpc) is 2.72. The lowest BCUT2D eigenvalue weighted by atomic mass is 10.1. The van der Waals surface area contributed by atoms with Crippen molar-refractivity contribution in [1.82, 2.24) is 5.32 Å². The molecule has 170 valence electrons. The Morgan fingerprint density at radius 3 is 2.35 bits per heavy atom. The fraction of sp³-hybridized carbons (Fsp3) is 0.500. The molecule has 1 heterocycles. The Bertz CT molecular complexity index is 943. The molecule has 2 rings (SSSR count). The lowest BCUT2D eigenvalue weighted by Gasteiger charge is -2.21. The van der Waals surface area contributed by atoms with Crippen molar-refractivity contribution in [3.8, 4) is 0 Å². The van der Waals surface area contributed by atoms with Crippen LogP contribution in [0.1, 0.15) is 44.1 Å². The van der Waals surface area contributed by atoms with E-state index in [1.54, 1.807) is 18.2 Å². The molecule has 1 aromatic carbocycles. The second kappa shape index (κ2) is 12.2. The maximum absolute atomic E-state index is 12.9. The molecule has 2 atom stereocenters. The van der Waals surface area contributed by atoms with Crippen molar-refractivity contribution >= 4 is 28.5 Å². The summed E-state index contributed by atoms with van der Waals surface area (Å²) < 4.78 is 5.23. The number of carbonyl (C=O) groups is 2. The van der Waals surface area contributed by atoms with Gasteiger partial charge in [0.15, 0.2) is 0 Å². The van der Waals surface area contributed by atoms with Crippen molar-refractivity contribution in [1.29, 1.82) is 0 Å². The number of nitrogens with one attached hydrogen (secondary N) is 2. The zero-order chi connectivity index (χ0) is 22.8. The van der Waals surface area contributed by atoms with E-state index in [9.17, 15) is 14.4 Å². The number of fused-ring (bicyclic) bond motifs is 1. The average molecular weight is 432 g/mol. The first-order valence-electron chi connectivity index (χ1n) is 10.7. The lowest BCUT2D eigenvalue weighted by Crippen LogP contribution is -2.50. The Balaban J connectivity index is 2.10. The summed E-state index contributed by atoms with van der Waals surface area (Å²) in [7, 11) is 0. The van der Waals surface area contributed by atoms with E-state index in [-0.39, 0.29) is 11.8 Å². The van der Waals surface area contributed by atoms with Crippen LogP contribution in [0.3, 0.4) is 0 Å². The molecule has 0 aliphatic rings. The van der Waals surface area contributed by atoms with Crippen molar-refractivity contribution in [3.63, 3.8) is 0 Å². The SMILES string of the molecule is Cc1cc(=O)oc2cc(NC(=O)[C@H](CCCCN)NC(=O)[C@@H](N)CCCCN)ccc12. The minimum absolute atomic E-state index is 0.367. The molecule has 0 fully saturated rings. The van der Waals surface area contributed by atoms with Crippen molar-refractivity contribution < 1.29 is 14.0 Å². The van der Waals surface area contributed by atoms with E-state index >= 15 is 0 Å². The van der Waals surface area contributed by atoms with Gasteiger partial charge in [0.25, 0.3) is 0 Å². The highest BCUT2D eigenvalue weighted by Gasteiger charge is 2.23. The number of carbonyl (C=O) groups excluding carboxylic acids is 2. The third-order valence-corrected chi connectivity index (χ3v) is 5.10. The fourth-order valence-electron chi connectivity index (χ4n) is 3.31. The lowest BCUT2D eigenvalue weighted by molar-refractivity contribution is -0.127. The molecule has 9 nitrogen and oxygen atoms in total. The van der Waals surface area contributed by atoms with E-state index in [2.05, 4.69) is 10.6 Å². The highest BCUT2D eigenvalue weighted by atomic mass is 16.4. The summed E-state index contributed by atoms with van der Waals surface area (Å²) in [4.78, 5) is 37.0. The van der Waals surface area contributed by atoms with Crippen molar-refractivity contribution in [2.24, 2.45) is 17.2 Å². The standard InChI is InChI=1S/C22H33N5O4/c1-14-12-20(28)31-19-13-15(8-9-16(14)19)26-22(30)18(7-3-5-11-24)27-21(29)17(25)6-2-4-10-23/h8-9,12-13,17-18H,2-7,10-11,23-25H2,1H3,(H,26,30)(H,27,29)/t17-,18-/m0/s1. The van der Waals surface area contributed by atoms with Crippen LogP contribution in [0.2, 0.25) is 0 Å². The monoisotopic (exact) mass is 431 g/mol. The molecule has 31 heavy (non-hydrogen) atoms. The molecular formula is C22H33N5O4. The van der Waals surface area contributed by atoms with Crippen LogP contribution in [0.5, 0.6) is 0 Å². The number of hydrogen-bond acceptors (Lipinski definition) is 7. The molecule has 0 spiro atoms. The first-order valence-corrected chi connectivity index (χ1v) is 10.7. The second-order valence-corrected chi connectivity index (χ2v) is 7.69. The maximum atomic E-state index is 12.9. The van der Waals surface area contributed by atoms with E-state index in [0.717, 1.165) is 30.2 Å². The Kier molecular flexibility index (Phi) is 9.64. The normalized spacial score (nSPS) is 13.0. The van der Waals surface area contributed by atoms with Gasteiger partial charge in [0.05, 0.1) is 6.04 Å². The number of rotatable bonds is 12. The predicted octanol–water partition coefficient (Wildman–Crippen LogP) is 1.11. The highest BCUT2D eigenvalue weighted by molar-refractivity contribution is 5.99. The molecule has 1 aromatic heterocycles. The number of unbranched alkanes of at least 4 members (excludes halogenated alkanes) is 2. The predicted molar refractivity (Wildman–Crippen MR) is 122 cm³/mol. The highest BCUT2D eigenvalue weighted by Crippen LogP contribution is 2.21. The summed E-state index contributed by atoms with van der Waals surface area (Å²) >= 11 is 0. The molecule has 0 radical (unpaired) electrons. The Morgan fingerprint density at radius 2 is 1.68 bits per heavy atom. The largest absolute Gasteiger partial charge is 0.423 e. The van der Waals surface area contributed by atoms with Crippen LogP contribution in [-0.4, -0.2) is 37.0 Å². The summed E-state index contributed by atoms with van der Waals surface area (Å²) in [5.74, 6) is -0.737. The Labute approximate surface area is 181 Å². The van der Waals surface area contributed by atoms with Gasteiger partial charge in [-0.15, -0.1) is 0 Å². The van der Waals surface area contributed by atoms with Gasteiger partial charge >= 0.3 is 5.63 Å². The van der Waals surface area contributed by atoms with Gasteiger partial charge in [0.2, 0.25) is 11.8 Å². The third kappa shape index (κ3) is 7.46. The number of benzene rings is 1. The number of amides is 2. The number of anilines is 1. The van der Waals surface area contributed by atoms with Gasteiger partial charge in [-0.3, -0.25) is 9.59 Å². The van der Waals surface area contributed by atoms with Crippen LogP contribution >= 0.6 is 0 Å². The van der Waals surface area contributed by atoms with Gasteiger partial charge in [0.1, 0.15) is 11.6 Å². The van der Waals surface area contributed by atoms with Crippen LogP contribution in [0.25, 0.3) is 11.0 Å². The summed E-state index contributed by atoms with van der Waals surface area (Å²) in [6.45, 7) is 2.87. The molecule has 2 amide bonds. The number of aryl methyl sites for hydroxylation is 1. The molecule has 9 heteroatoms. The number of nitrogens with two attached hydrogens (primary N) is 3. The molecule has 0 saturated carbocycles. The molecule has 0 saturated heterocycles. The smallest absolute Gasteiger partial charge is 0.336 e. The first kappa shape index (κ1) is 24.5. The first-order chi connectivity index (χ1) is 14.8. The van der Waals surface area contributed by atoms with Crippen molar-refractivity contribution in [2.75, 3.05) is 18.4 Å². The van der Waals surface area contributed by atoms with Crippen LogP contribution in [0, 0.1) is 6.92 Å². The van der Waals surface area contributed by atoms with E-state index in [4.69, 9.17) is 21.6 Å². The molecule has 0 unspecified atom stereocenters. The zero-order valence-electron chi connectivity index (χ0n) is 18.0. The maximum Gasteiger partial charge on any atom is 0.336 e. The quantitative estimate of drug-likeness (QED) is 0.248. The number of hydrogen-bond donors (Lipinski definition) is 5. The third-order valence-electron chi connectivity index (χ3n) is 5.10. The van der Waals surface area contributed by atoms with E-state index in [1.165, 1.54) is 6.07 Å². The van der Waals surface area contributed by atoms with Gasteiger partial charge in [0, 0.05) is 23.2 Å². The minimum Gasteiger partial charge on any atom is -0.423 e. The van der Waals surface area contributed by atoms with E-state index in [0.29, 0.717) is 43.6 Å². The second-order valence-electron chi connectivity index (χ2n) is 7.69. The Morgan fingerprint density at radius 1 is 1.00 bits per heavy atom. The van der Waals surface area contributed by atoms with Crippen LogP contribution in [0.4, 0.5) is 5.69 Å². The van der Waals surface area contributed by atoms with Crippen LogP contribution in [-0.2, 0) is 9.59 Å². The van der Waals surface area contributed by atoms with Gasteiger partial charge < -0.3 is 32.3 Å². The molecule has 2 aromatic rings. The van der Waals surface area contributed by atoms with Gasteiger partial charge in [-0.05, 0) is 69.8 Å². The minimum atomic E-state index is -0.750. The fourth-order valence-corrected chi connectivity index (χ4v) is 3.31. The molecule has 0 aliphatic carbocycles. The van der Waals surface area contributed by atoms with Crippen LogP contribution in [0.15, 0.2) is 33.5 Å². The van der Waals surface area contributed by atoms with E-state index < -0.39 is 17.7 Å². The summed E-state index contributed by atoms with van der Waals surface area (Å²) in [5, 5.41) is 6.33. The van der Waals surface area contributed by atoms with Crippen LogP contribution < -0.4 is 33.5 Å². The topological polar surface area (TPSA) is 166 Å². The molecule has 0 bridgehead atoms. The van der Waals surface area contributed by atoms with Gasteiger partial charge in [-0.1, -0.05) is 6.42 Å². The molecule has 8 N–H and O–H groups in total. The summed E-state index contributed by atoms with van der Waals surface area (Å²) in [5.41, 5.74) is 18.2. The summed E-state index contributed by atoms with van der Waals surface area (Å²) in [6.07, 6.45) is 3.90. The Hall–Kier alpha value is -2.75. The van der Waals surface area contributed by atoms with Gasteiger partial charge in [-0.25, -0.2) is 4.79 Å². The van der Waals surface area contributed by atoms with Crippen molar-refractivity contribution in [2.45, 2.75) is 57.5 Å². The summed E-state index contributed by atoms with van der Waals surface area (Å²) in [6, 6.07) is 5.07. The van der Waals surface area contributed by atoms with E-state index in [1.807, 2.05) is 6.92 Å². The zero-order valence-corrected chi connectivity index (χ0v) is 18.0.